The standard InChI is InChI=1S/C26H37N3O7/c1-5-17(14-30)29-22-24(33)28(15(2)3)12-8-6-7-9-19(31)27-13-16(4)35-25(34)20-18-10-11-26(22,36-18)21(20)23(29)32/h6,8,10-11,15-18,20-22,30H,5,7,9,12-14H2,1-4H3,(H,27,31)/b8-6-/t16-,17+,18+,20-,21-,22+,26-/m1/s1. The van der Waals surface area contributed by atoms with Crippen molar-refractivity contribution in [3.63, 3.8) is 0 Å². The van der Waals surface area contributed by atoms with Gasteiger partial charge >= 0.3 is 5.97 Å². The van der Waals surface area contributed by atoms with E-state index in [1.807, 2.05) is 32.9 Å². The van der Waals surface area contributed by atoms with Gasteiger partial charge in [0.15, 0.2) is 0 Å². The summed E-state index contributed by atoms with van der Waals surface area (Å²) in [5.41, 5.74) is -1.31. The van der Waals surface area contributed by atoms with Crippen LogP contribution in [0.2, 0.25) is 0 Å². The number of likely N-dealkylation sites (tertiary alicyclic amines) is 1. The number of aliphatic hydroxyl groups excluding tert-OH is 1. The number of carbonyl (C=O) groups excluding carboxylic acids is 4. The highest BCUT2D eigenvalue weighted by atomic mass is 16.6. The smallest absolute Gasteiger partial charge is 0.313 e. The molecule has 2 N–H and O–H groups in total. The van der Waals surface area contributed by atoms with Crippen molar-refractivity contribution in [3.05, 3.63) is 24.3 Å². The topological polar surface area (TPSA) is 125 Å². The molecule has 0 unspecified atom stereocenters. The number of amides is 3. The summed E-state index contributed by atoms with van der Waals surface area (Å²) in [4.78, 5) is 56.7. The van der Waals surface area contributed by atoms with Gasteiger partial charge in [-0.25, -0.2) is 0 Å². The number of aliphatic hydroxyl groups is 1. The monoisotopic (exact) mass is 503 g/mol. The quantitative estimate of drug-likeness (QED) is 0.424. The van der Waals surface area contributed by atoms with Crippen molar-refractivity contribution in [3.8, 4) is 0 Å². The predicted octanol–water partition coefficient (Wildman–Crippen LogP) is 0.543. The molecule has 0 saturated carbocycles. The van der Waals surface area contributed by atoms with E-state index in [1.54, 1.807) is 24.0 Å². The van der Waals surface area contributed by atoms with Crippen LogP contribution in [0.4, 0.5) is 0 Å². The van der Waals surface area contributed by atoms with Crippen LogP contribution in [0.25, 0.3) is 0 Å². The van der Waals surface area contributed by atoms with Crippen molar-refractivity contribution in [2.24, 2.45) is 11.8 Å². The average Bonchev–Trinajstić information content (AvgIpc) is 3.47. The van der Waals surface area contributed by atoms with Crippen molar-refractivity contribution >= 4 is 23.7 Å². The summed E-state index contributed by atoms with van der Waals surface area (Å²) in [7, 11) is 0. The van der Waals surface area contributed by atoms with Crippen molar-refractivity contribution in [1.29, 1.82) is 0 Å². The molecule has 0 aromatic heterocycles. The fraction of sp³-hybridized carbons (Fsp3) is 0.692. The summed E-state index contributed by atoms with van der Waals surface area (Å²) in [6.45, 7) is 7.46. The molecule has 4 aliphatic rings. The SMILES string of the molecule is CC[C@@H](CO)N1C(=O)[C@H]2[C@@H]3C(=O)O[C@H](C)CNC(=O)CC/C=C\CN(C(C)C)C(=O)[C@H]1[C@@]21C=C[C@@H]3O1. The highest BCUT2D eigenvalue weighted by molar-refractivity contribution is 5.99. The third-order valence-corrected chi connectivity index (χ3v) is 7.71. The van der Waals surface area contributed by atoms with Gasteiger partial charge in [0.25, 0.3) is 0 Å². The highest BCUT2D eigenvalue weighted by Crippen LogP contribution is 2.56. The molecule has 4 aliphatic heterocycles. The van der Waals surface area contributed by atoms with E-state index in [9.17, 15) is 24.3 Å². The Morgan fingerprint density at radius 3 is 2.61 bits per heavy atom. The number of cyclic esters (lactones) is 1. The van der Waals surface area contributed by atoms with E-state index in [1.165, 1.54) is 4.90 Å². The number of hydrogen-bond donors (Lipinski definition) is 2. The van der Waals surface area contributed by atoms with Gasteiger partial charge in [-0.15, -0.1) is 0 Å². The number of nitrogens with one attached hydrogen (secondary N) is 1. The lowest BCUT2D eigenvalue weighted by atomic mass is 9.74. The lowest BCUT2D eigenvalue weighted by molar-refractivity contribution is -0.159. The number of ether oxygens (including phenoxy) is 2. The maximum Gasteiger partial charge on any atom is 0.313 e. The molecule has 0 aliphatic carbocycles. The van der Waals surface area contributed by atoms with Gasteiger partial charge in [-0.05, 0) is 33.6 Å². The van der Waals surface area contributed by atoms with Crippen LogP contribution in [0.15, 0.2) is 24.3 Å². The Morgan fingerprint density at radius 1 is 1.19 bits per heavy atom. The molecule has 7 atom stereocenters. The van der Waals surface area contributed by atoms with Crippen molar-refractivity contribution in [2.45, 2.75) is 82.9 Å². The molecular formula is C26H37N3O7. The summed E-state index contributed by atoms with van der Waals surface area (Å²) in [5.74, 6) is -3.29. The number of esters is 1. The summed E-state index contributed by atoms with van der Waals surface area (Å²) < 4.78 is 12.0. The normalized spacial score (nSPS) is 36.8. The van der Waals surface area contributed by atoms with E-state index < -0.39 is 47.7 Å². The van der Waals surface area contributed by atoms with Crippen LogP contribution in [-0.2, 0) is 28.7 Å². The van der Waals surface area contributed by atoms with Crippen LogP contribution in [0.3, 0.4) is 0 Å². The van der Waals surface area contributed by atoms with Gasteiger partial charge in [-0.2, -0.15) is 0 Å². The summed E-state index contributed by atoms with van der Waals surface area (Å²) in [6, 6.07) is -1.79. The van der Waals surface area contributed by atoms with Gasteiger partial charge in [-0.1, -0.05) is 31.2 Å². The number of rotatable bonds is 4. The van der Waals surface area contributed by atoms with Crippen LogP contribution in [0, 0.1) is 11.8 Å². The maximum absolute atomic E-state index is 14.2. The molecular weight excluding hydrogens is 466 g/mol. The highest BCUT2D eigenvalue weighted by Gasteiger charge is 2.74. The fourth-order valence-corrected chi connectivity index (χ4v) is 5.86. The average molecular weight is 504 g/mol. The summed E-state index contributed by atoms with van der Waals surface area (Å²) in [5, 5.41) is 12.9. The van der Waals surface area contributed by atoms with Gasteiger partial charge in [0.05, 0.1) is 31.2 Å². The molecule has 0 aromatic carbocycles. The van der Waals surface area contributed by atoms with Crippen LogP contribution in [-0.4, -0.2) is 94.2 Å². The molecule has 0 aromatic rings. The van der Waals surface area contributed by atoms with E-state index in [2.05, 4.69) is 5.32 Å². The summed E-state index contributed by atoms with van der Waals surface area (Å²) in [6.07, 6.45) is 7.12. The number of hydrogen-bond acceptors (Lipinski definition) is 7. The molecule has 10 nitrogen and oxygen atoms in total. The number of allylic oxidation sites excluding steroid dienone is 1. The Labute approximate surface area is 211 Å². The molecule has 5 bridgehead atoms. The Balaban J connectivity index is 1.79. The fourth-order valence-electron chi connectivity index (χ4n) is 5.86. The molecule has 2 saturated heterocycles. The second kappa shape index (κ2) is 10.3. The zero-order valence-corrected chi connectivity index (χ0v) is 21.4. The number of nitrogens with zero attached hydrogens (tertiary/aromatic N) is 2. The zero-order valence-electron chi connectivity index (χ0n) is 21.4. The first-order valence-corrected chi connectivity index (χ1v) is 12.9. The Hall–Kier alpha value is -2.72. The Bertz CT molecular complexity index is 959. The maximum atomic E-state index is 14.2. The Morgan fingerprint density at radius 2 is 1.94 bits per heavy atom. The van der Waals surface area contributed by atoms with Gasteiger partial charge in [0.1, 0.15) is 23.7 Å². The molecule has 0 radical (unpaired) electrons. The zero-order chi connectivity index (χ0) is 26.2. The molecule has 198 valence electrons. The van der Waals surface area contributed by atoms with Crippen molar-refractivity contribution < 1.29 is 33.8 Å². The second-order valence-corrected chi connectivity index (χ2v) is 10.3. The lowest BCUT2D eigenvalue weighted by Crippen LogP contribution is -2.59. The number of fused-ring (bicyclic) bond motifs is 2. The minimum absolute atomic E-state index is 0.156. The molecule has 4 heterocycles. The molecule has 10 heteroatoms. The first kappa shape index (κ1) is 26.3. The van der Waals surface area contributed by atoms with Gasteiger partial charge in [0.2, 0.25) is 17.7 Å². The largest absolute Gasteiger partial charge is 0.460 e. The van der Waals surface area contributed by atoms with Crippen LogP contribution < -0.4 is 5.32 Å². The minimum atomic E-state index is -1.31. The van der Waals surface area contributed by atoms with Crippen LogP contribution in [0.1, 0.15) is 47.0 Å². The third kappa shape index (κ3) is 4.34. The molecule has 2 fully saturated rings. The third-order valence-electron chi connectivity index (χ3n) is 7.71. The van der Waals surface area contributed by atoms with Crippen LogP contribution in [0.5, 0.6) is 0 Å². The minimum Gasteiger partial charge on any atom is -0.460 e. The van der Waals surface area contributed by atoms with E-state index in [0.29, 0.717) is 19.4 Å². The molecule has 1 spiro atoms. The van der Waals surface area contributed by atoms with Gasteiger partial charge in [0, 0.05) is 19.0 Å². The van der Waals surface area contributed by atoms with Gasteiger partial charge in [-0.3, -0.25) is 19.2 Å². The van der Waals surface area contributed by atoms with E-state index in [0.717, 1.165) is 0 Å². The van der Waals surface area contributed by atoms with Crippen molar-refractivity contribution in [1.82, 2.24) is 15.1 Å². The summed E-state index contributed by atoms with van der Waals surface area (Å²) >= 11 is 0. The number of carbonyl (C=O) groups is 4. The second-order valence-electron chi connectivity index (χ2n) is 10.3. The van der Waals surface area contributed by atoms with Gasteiger partial charge < -0.3 is 29.7 Å². The van der Waals surface area contributed by atoms with E-state index in [4.69, 9.17) is 9.47 Å². The lowest BCUT2D eigenvalue weighted by Gasteiger charge is -2.39. The van der Waals surface area contributed by atoms with E-state index in [-0.39, 0.29) is 43.3 Å². The van der Waals surface area contributed by atoms with E-state index >= 15 is 0 Å². The van der Waals surface area contributed by atoms with Crippen molar-refractivity contribution in [2.75, 3.05) is 19.7 Å². The molecule has 3 amide bonds. The molecule has 4 rings (SSSR count). The first-order valence-electron chi connectivity index (χ1n) is 12.9. The molecule has 36 heavy (non-hydrogen) atoms. The first-order chi connectivity index (χ1) is 17.2. The van der Waals surface area contributed by atoms with Crippen LogP contribution >= 0.6 is 0 Å². The Kier molecular flexibility index (Phi) is 7.56. The predicted molar refractivity (Wildman–Crippen MR) is 129 cm³/mol.